The van der Waals surface area contributed by atoms with Gasteiger partial charge in [-0.15, -0.1) is 0 Å². The van der Waals surface area contributed by atoms with Crippen LogP contribution >= 0.6 is 0 Å². The molecule has 1 aliphatic rings. The Bertz CT molecular complexity index is 2090. The Kier molecular flexibility index (Phi) is 4.60. The van der Waals surface area contributed by atoms with Crippen LogP contribution in [0.2, 0.25) is 0 Å². The molecule has 8 rings (SSSR count). The van der Waals surface area contributed by atoms with E-state index in [9.17, 15) is 0 Å². The molecule has 0 spiro atoms. The Hall–Kier alpha value is -4.82. The van der Waals surface area contributed by atoms with Gasteiger partial charge in [0.15, 0.2) is 0 Å². The maximum Gasteiger partial charge on any atom is 0.0973 e. The van der Waals surface area contributed by atoms with Crippen molar-refractivity contribution in [1.29, 1.82) is 0 Å². The average Bonchev–Trinajstić information content (AvgIpc) is 3.21. The highest BCUT2D eigenvalue weighted by molar-refractivity contribution is 6.05. The molecule has 1 aliphatic carbocycles. The van der Waals surface area contributed by atoms with Gasteiger partial charge in [0, 0.05) is 21.9 Å². The van der Waals surface area contributed by atoms with Crippen molar-refractivity contribution in [2.75, 3.05) is 0 Å². The zero-order chi connectivity index (χ0) is 26.1. The molecule has 2 heteroatoms. The van der Waals surface area contributed by atoms with Crippen molar-refractivity contribution in [3.8, 4) is 33.6 Å². The first-order valence-electron chi connectivity index (χ1n) is 13.5. The van der Waals surface area contributed by atoms with Crippen LogP contribution in [0.1, 0.15) is 25.0 Å². The smallest absolute Gasteiger partial charge is 0.0973 e. The highest BCUT2D eigenvalue weighted by Crippen LogP contribution is 2.51. The minimum absolute atomic E-state index is 0.113. The quantitative estimate of drug-likeness (QED) is 0.222. The van der Waals surface area contributed by atoms with Crippen LogP contribution in [-0.4, -0.2) is 9.97 Å². The van der Waals surface area contributed by atoms with Gasteiger partial charge < -0.3 is 0 Å². The Labute approximate surface area is 227 Å². The van der Waals surface area contributed by atoms with E-state index in [1.165, 1.54) is 38.4 Å². The summed E-state index contributed by atoms with van der Waals surface area (Å²) in [4.78, 5) is 10.6. The third-order valence-corrected chi connectivity index (χ3v) is 8.42. The fraction of sp³-hybridized carbons (Fsp3) is 0.0811. The SMILES string of the molecule is CC1(C)c2cc(-c3nc4ccc5ccccc5c4nc3-c3ccccc3)ccc2-c2cc3ccccc3cc21. The number of aromatic nitrogens is 2. The number of hydrogen-bond donors (Lipinski definition) is 0. The molecular weight excluding hydrogens is 472 g/mol. The first-order chi connectivity index (χ1) is 19.1. The molecule has 0 fully saturated rings. The van der Waals surface area contributed by atoms with Crippen LogP contribution in [0.3, 0.4) is 0 Å². The zero-order valence-electron chi connectivity index (χ0n) is 21.9. The van der Waals surface area contributed by atoms with Crippen LogP contribution in [-0.2, 0) is 5.41 Å². The molecule has 0 bridgehead atoms. The molecule has 2 nitrogen and oxygen atoms in total. The van der Waals surface area contributed by atoms with Gasteiger partial charge in [-0.25, -0.2) is 9.97 Å². The molecule has 0 N–H and O–H groups in total. The van der Waals surface area contributed by atoms with E-state index in [2.05, 4.69) is 129 Å². The molecule has 7 aromatic rings. The van der Waals surface area contributed by atoms with Gasteiger partial charge in [0.2, 0.25) is 0 Å². The lowest BCUT2D eigenvalue weighted by atomic mass is 9.81. The second-order valence-corrected chi connectivity index (χ2v) is 11.1. The first-order valence-corrected chi connectivity index (χ1v) is 13.5. The number of fused-ring (bicyclic) bond motifs is 7. The molecule has 1 aromatic heterocycles. The maximum absolute atomic E-state index is 5.29. The average molecular weight is 499 g/mol. The van der Waals surface area contributed by atoms with Gasteiger partial charge in [0.25, 0.3) is 0 Å². The predicted octanol–water partition coefficient (Wildman–Crippen LogP) is 9.58. The normalized spacial score (nSPS) is 13.6. The van der Waals surface area contributed by atoms with Crippen molar-refractivity contribution in [3.05, 3.63) is 132 Å². The highest BCUT2D eigenvalue weighted by Gasteiger charge is 2.36. The molecule has 0 atom stereocenters. The topological polar surface area (TPSA) is 25.8 Å². The fourth-order valence-electron chi connectivity index (χ4n) is 6.36. The summed E-state index contributed by atoms with van der Waals surface area (Å²) in [7, 11) is 0. The van der Waals surface area contributed by atoms with E-state index in [0.29, 0.717) is 0 Å². The number of nitrogens with zero attached hydrogens (tertiary/aromatic N) is 2. The van der Waals surface area contributed by atoms with E-state index in [0.717, 1.165) is 38.9 Å². The van der Waals surface area contributed by atoms with Gasteiger partial charge in [-0.1, -0.05) is 111 Å². The molecule has 39 heavy (non-hydrogen) atoms. The van der Waals surface area contributed by atoms with Gasteiger partial charge in [0.05, 0.1) is 22.4 Å². The minimum atomic E-state index is -0.113. The molecular formula is C37H26N2. The van der Waals surface area contributed by atoms with Crippen molar-refractivity contribution < 1.29 is 0 Å². The molecule has 0 amide bonds. The third kappa shape index (κ3) is 3.28. The Morgan fingerprint density at radius 3 is 1.97 bits per heavy atom. The molecule has 0 radical (unpaired) electrons. The van der Waals surface area contributed by atoms with E-state index in [4.69, 9.17) is 9.97 Å². The number of rotatable bonds is 2. The number of benzene rings is 6. The first kappa shape index (κ1) is 22.2. The lowest BCUT2D eigenvalue weighted by Crippen LogP contribution is -2.15. The van der Waals surface area contributed by atoms with Crippen molar-refractivity contribution in [2.45, 2.75) is 19.3 Å². The largest absolute Gasteiger partial charge is 0.244 e. The van der Waals surface area contributed by atoms with Gasteiger partial charge in [-0.2, -0.15) is 0 Å². The molecule has 0 saturated carbocycles. The standard InChI is InChI=1S/C37H26N2/c1-37(2)31-22-27(16-18-29(31)30-20-25-13-6-7-14-26(25)21-32(30)37)35-34(24-11-4-3-5-12-24)39-36-28-15-9-8-10-23(28)17-19-33(36)38-35/h3-22H,1-2H3. The van der Waals surface area contributed by atoms with Crippen LogP contribution in [0.25, 0.3) is 66.2 Å². The van der Waals surface area contributed by atoms with Gasteiger partial charge >= 0.3 is 0 Å². The van der Waals surface area contributed by atoms with E-state index in [1.54, 1.807) is 0 Å². The summed E-state index contributed by atoms with van der Waals surface area (Å²) in [6, 6.07) is 43.3. The third-order valence-electron chi connectivity index (χ3n) is 8.42. The number of hydrogen-bond acceptors (Lipinski definition) is 2. The minimum Gasteiger partial charge on any atom is -0.244 e. The lowest BCUT2D eigenvalue weighted by Gasteiger charge is -2.22. The summed E-state index contributed by atoms with van der Waals surface area (Å²) >= 11 is 0. The Morgan fingerprint density at radius 1 is 0.487 bits per heavy atom. The monoisotopic (exact) mass is 498 g/mol. The molecule has 6 aromatic carbocycles. The molecule has 0 saturated heterocycles. The summed E-state index contributed by atoms with van der Waals surface area (Å²) < 4.78 is 0. The van der Waals surface area contributed by atoms with Gasteiger partial charge in [-0.05, 0) is 62.7 Å². The van der Waals surface area contributed by atoms with E-state index in [-0.39, 0.29) is 5.41 Å². The van der Waals surface area contributed by atoms with E-state index in [1.807, 2.05) is 6.07 Å². The van der Waals surface area contributed by atoms with Crippen molar-refractivity contribution in [2.24, 2.45) is 0 Å². The van der Waals surface area contributed by atoms with Crippen molar-refractivity contribution in [3.63, 3.8) is 0 Å². The van der Waals surface area contributed by atoms with Crippen LogP contribution < -0.4 is 0 Å². The highest BCUT2D eigenvalue weighted by atomic mass is 14.8. The van der Waals surface area contributed by atoms with Crippen LogP contribution in [0.4, 0.5) is 0 Å². The van der Waals surface area contributed by atoms with Crippen LogP contribution in [0.5, 0.6) is 0 Å². The summed E-state index contributed by atoms with van der Waals surface area (Å²) in [5.74, 6) is 0. The second-order valence-electron chi connectivity index (χ2n) is 11.1. The lowest BCUT2D eigenvalue weighted by molar-refractivity contribution is 0.661. The Balaban J connectivity index is 1.38. The van der Waals surface area contributed by atoms with E-state index < -0.39 is 0 Å². The maximum atomic E-state index is 5.29. The predicted molar refractivity (Wildman–Crippen MR) is 163 cm³/mol. The van der Waals surface area contributed by atoms with Crippen molar-refractivity contribution in [1.82, 2.24) is 9.97 Å². The summed E-state index contributed by atoms with van der Waals surface area (Å²) in [6.45, 7) is 4.68. The van der Waals surface area contributed by atoms with Gasteiger partial charge in [-0.3, -0.25) is 0 Å². The second kappa shape index (κ2) is 8.09. The molecule has 0 aliphatic heterocycles. The summed E-state index contributed by atoms with van der Waals surface area (Å²) in [5.41, 5.74) is 11.1. The zero-order valence-corrected chi connectivity index (χ0v) is 21.9. The fourth-order valence-corrected chi connectivity index (χ4v) is 6.36. The summed E-state index contributed by atoms with van der Waals surface area (Å²) in [5, 5.41) is 4.87. The Morgan fingerprint density at radius 2 is 1.15 bits per heavy atom. The van der Waals surface area contributed by atoms with Gasteiger partial charge in [0.1, 0.15) is 0 Å². The van der Waals surface area contributed by atoms with Crippen LogP contribution in [0.15, 0.2) is 121 Å². The molecule has 184 valence electrons. The van der Waals surface area contributed by atoms with Crippen molar-refractivity contribution >= 4 is 32.6 Å². The van der Waals surface area contributed by atoms with E-state index >= 15 is 0 Å². The molecule has 1 heterocycles. The van der Waals surface area contributed by atoms with Crippen LogP contribution in [0, 0.1) is 0 Å². The summed E-state index contributed by atoms with van der Waals surface area (Å²) in [6.07, 6.45) is 0. The molecule has 0 unspecified atom stereocenters.